The topological polar surface area (TPSA) is 46.9 Å². The molecule has 0 saturated heterocycles. The summed E-state index contributed by atoms with van der Waals surface area (Å²) in [6.45, 7) is 2.90. The number of thioether (sulfide) groups is 1. The van der Waals surface area contributed by atoms with Crippen molar-refractivity contribution in [1.29, 1.82) is 0 Å². The van der Waals surface area contributed by atoms with Crippen molar-refractivity contribution in [2.45, 2.75) is 30.5 Å². The smallest absolute Gasteiger partial charge is 0.230 e. The Morgan fingerprint density at radius 1 is 1.36 bits per heavy atom. The molecule has 0 spiro atoms. The number of hydrogen-bond donors (Lipinski definition) is 1. The van der Waals surface area contributed by atoms with Crippen LogP contribution >= 0.6 is 35.3 Å². The second-order valence-corrected chi connectivity index (χ2v) is 7.57. The van der Waals surface area contributed by atoms with Crippen molar-refractivity contribution in [1.82, 2.24) is 15.1 Å². The third-order valence-corrected chi connectivity index (χ3v) is 5.32. The average Bonchev–Trinajstić information content (AvgIpc) is 2.91. The Kier molecular flexibility index (Phi) is 7.08. The Hall–Kier alpha value is -1.18. The van der Waals surface area contributed by atoms with Crippen LogP contribution in [-0.4, -0.2) is 28.0 Å². The Morgan fingerprint density at radius 2 is 2.14 bits per heavy atom. The van der Waals surface area contributed by atoms with Gasteiger partial charge < -0.3 is 5.32 Å². The van der Waals surface area contributed by atoms with Crippen LogP contribution in [0.5, 0.6) is 0 Å². The first-order valence-corrected chi connectivity index (χ1v) is 9.47. The number of aromatic nitrogens is 2. The van der Waals surface area contributed by atoms with Crippen LogP contribution in [0.25, 0.3) is 5.69 Å². The number of para-hydroxylation sites is 1. The fraction of sp³-hybridized carbons (Fsp3) is 0.400. The molecule has 0 saturated carbocycles. The number of hydrogen-bond acceptors (Lipinski definition) is 5. The van der Waals surface area contributed by atoms with Crippen molar-refractivity contribution in [2.24, 2.45) is 0 Å². The molecule has 1 aromatic heterocycles. The van der Waals surface area contributed by atoms with Crippen LogP contribution in [0.4, 0.5) is 0 Å². The lowest BCUT2D eigenvalue weighted by Crippen LogP contribution is -2.26. The van der Waals surface area contributed by atoms with E-state index in [-0.39, 0.29) is 5.91 Å². The average molecular weight is 354 g/mol. The van der Waals surface area contributed by atoms with Gasteiger partial charge in [0, 0.05) is 6.54 Å². The molecule has 2 aromatic rings. The van der Waals surface area contributed by atoms with E-state index in [2.05, 4.69) is 17.3 Å². The molecule has 1 amide bonds. The maximum Gasteiger partial charge on any atom is 0.230 e. The highest BCUT2D eigenvalue weighted by Gasteiger charge is 2.08. The van der Waals surface area contributed by atoms with Crippen LogP contribution < -0.4 is 5.32 Å². The largest absolute Gasteiger partial charge is 0.355 e. The maximum absolute atomic E-state index is 11.8. The fourth-order valence-electron chi connectivity index (χ4n) is 1.83. The van der Waals surface area contributed by atoms with Crippen molar-refractivity contribution in [3.05, 3.63) is 34.3 Å². The summed E-state index contributed by atoms with van der Waals surface area (Å²) in [5, 5.41) is 7.40. The predicted molar refractivity (Wildman–Crippen MR) is 95.5 cm³/mol. The molecule has 22 heavy (non-hydrogen) atoms. The van der Waals surface area contributed by atoms with Gasteiger partial charge in [-0.1, -0.05) is 61.1 Å². The normalized spacial score (nSPS) is 10.6. The number of benzene rings is 1. The maximum atomic E-state index is 11.8. The van der Waals surface area contributed by atoms with Crippen LogP contribution in [0, 0.1) is 3.95 Å². The van der Waals surface area contributed by atoms with E-state index in [4.69, 9.17) is 12.2 Å². The molecule has 0 radical (unpaired) electrons. The second-order valence-electron chi connectivity index (χ2n) is 4.73. The van der Waals surface area contributed by atoms with Crippen LogP contribution in [0.15, 0.2) is 34.7 Å². The number of carbonyl (C=O) groups excluding carboxylic acids is 1. The first kappa shape index (κ1) is 17.2. The molecule has 0 unspecified atom stereocenters. The number of amides is 1. The Bertz CT molecular complexity index is 652. The Morgan fingerprint density at radius 3 is 2.86 bits per heavy atom. The fourth-order valence-corrected chi connectivity index (χ4v) is 4.02. The van der Waals surface area contributed by atoms with Crippen molar-refractivity contribution in [3.8, 4) is 5.69 Å². The van der Waals surface area contributed by atoms with Gasteiger partial charge in [-0.15, -0.1) is 5.10 Å². The zero-order chi connectivity index (χ0) is 15.8. The lowest BCUT2D eigenvalue weighted by atomic mass is 10.2. The van der Waals surface area contributed by atoms with Gasteiger partial charge in [0.1, 0.15) is 0 Å². The molecule has 4 nitrogen and oxygen atoms in total. The number of carbonyl (C=O) groups is 1. The summed E-state index contributed by atoms with van der Waals surface area (Å²) >= 11 is 8.20. The summed E-state index contributed by atoms with van der Waals surface area (Å²) in [5.74, 6) is 0.428. The lowest BCUT2D eigenvalue weighted by Gasteiger charge is -2.03. The van der Waals surface area contributed by atoms with Crippen LogP contribution in [0.1, 0.15) is 26.2 Å². The van der Waals surface area contributed by atoms with E-state index in [1.165, 1.54) is 23.1 Å². The van der Waals surface area contributed by atoms with E-state index < -0.39 is 0 Å². The van der Waals surface area contributed by atoms with Crippen LogP contribution in [0.2, 0.25) is 0 Å². The zero-order valence-electron chi connectivity index (χ0n) is 12.4. The summed E-state index contributed by atoms with van der Waals surface area (Å²) in [7, 11) is 0. The van der Waals surface area contributed by atoms with E-state index in [0.29, 0.717) is 9.71 Å². The van der Waals surface area contributed by atoms with E-state index in [1.807, 2.05) is 30.3 Å². The molecule has 118 valence electrons. The summed E-state index contributed by atoms with van der Waals surface area (Å²) in [5.41, 5.74) is 0.944. The molecule has 0 aliphatic carbocycles. The Labute approximate surface area is 143 Å². The van der Waals surface area contributed by atoms with Crippen molar-refractivity contribution in [2.75, 3.05) is 12.3 Å². The van der Waals surface area contributed by atoms with Gasteiger partial charge in [-0.25, -0.2) is 4.68 Å². The molecule has 1 N–H and O–H groups in total. The van der Waals surface area contributed by atoms with Gasteiger partial charge >= 0.3 is 0 Å². The molecule has 7 heteroatoms. The first-order chi connectivity index (χ1) is 10.7. The highest BCUT2D eigenvalue weighted by atomic mass is 32.2. The SMILES string of the molecule is CCCCCNC(=O)CSc1nn(-c2ccccc2)c(=S)s1. The third-order valence-electron chi connectivity index (χ3n) is 2.96. The number of nitrogens with zero attached hydrogens (tertiary/aromatic N) is 2. The minimum atomic E-state index is 0.0495. The Balaban J connectivity index is 1.87. The molecule has 1 aromatic carbocycles. The lowest BCUT2D eigenvalue weighted by molar-refractivity contribution is -0.118. The quantitative estimate of drug-likeness (QED) is 0.442. The molecular weight excluding hydrogens is 334 g/mol. The molecule has 0 atom stereocenters. The van der Waals surface area contributed by atoms with Gasteiger partial charge in [0.25, 0.3) is 0 Å². The van der Waals surface area contributed by atoms with E-state index in [9.17, 15) is 4.79 Å². The van der Waals surface area contributed by atoms with E-state index in [0.717, 1.165) is 35.8 Å². The van der Waals surface area contributed by atoms with E-state index in [1.54, 1.807) is 4.68 Å². The summed E-state index contributed by atoms with van der Waals surface area (Å²) in [6, 6.07) is 9.78. The summed E-state index contributed by atoms with van der Waals surface area (Å²) in [6.07, 6.45) is 3.34. The number of nitrogens with one attached hydrogen (secondary N) is 1. The molecular formula is C15H19N3OS3. The van der Waals surface area contributed by atoms with Gasteiger partial charge in [0.15, 0.2) is 8.29 Å². The third kappa shape index (κ3) is 5.23. The first-order valence-electron chi connectivity index (χ1n) is 7.26. The molecule has 2 rings (SSSR count). The van der Waals surface area contributed by atoms with Crippen molar-refractivity contribution >= 4 is 41.2 Å². The number of unbranched alkanes of at least 4 members (excludes halogenated alkanes) is 2. The van der Waals surface area contributed by atoms with Gasteiger partial charge in [0.2, 0.25) is 5.91 Å². The molecule has 1 heterocycles. The minimum Gasteiger partial charge on any atom is -0.355 e. The predicted octanol–water partition coefficient (Wildman–Crippen LogP) is 4.06. The van der Waals surface area contributed by atoms with Crippen LogP contribution in [-0.2, 0) is 4.79 Å². The summed E-state index contributed by atoms with van der Waals surface area (Å²) in [4.78, 5) is 11.8. The summed E-state index contributed by atoms with van der Waals surface area (Å²) < 4.78 is 3.25. The minimum absolute atomic E-state index is 0.0495. The van der Waals surface area contributed by atoms with Gasteiger partial charge in [-0.2, -0.15) is 0 Å². The van der Waals surface area contributed by atoms with Crippen molar-refractivity contribution < 1.29 is 4.79 Å². The number of rotatable bonds is 8. The highest BCUT2D eigenvalue weighted by molar-refractivity contribution is 8.01. The molecule has 0 aliphatic heterocycles. The van der Waals surface area contributed by atoms with Gasteiger partial charge in [0.05, 0.1) is 11.4 Å². The highest BCUT2D eigenvalue weighted by Crippen LogP contribution is 2.23. The molecule has 0 bridgehead atoms. The molecule has 0 aliphatic rings. The van der Waals surface area contributed by atoms with Gasteiger partial charge in [-0.05, 0) is 30.8 Å². The molecule has 0 fully saturated rings. The monoisotopic (exact) mass is 353 g/mol. The second kappa shape index (κ2) is 9.07. The van der Waals surface area contributed by atoms with Crippen LogP contribution in [0.3, 0.4) is 0 Å². The van der Waals surface area contributed by atoms with Crippen molar-refractivity contribution in [3.63, 3.8) is 0 Å². The zero-order valence-corrected chi connectivity index (χ0v) is 14.9. The van der Waals surface area contributed by atoms with E-state index >= 15 is 0 Å². The standard InChI is InChI=1S/C15H19N3OS3/c1-2-3-7-10-16-13(19)11-21-14-17-18(15(20)22-14)12-8-5-4-6-9-12/h4-6,8-9H,2-3,7,10-11H2,1H3,(H,16,19). The van der Waals surface area contributed by atoms with Gasteiger partial charge in [-0.3, -0.25) is 4.79 Å².